The molecule has 4 rings (SSSR count). The number of carbonyl (C=O) groups excluding carboxylic acids is 1. The van der Waals surface area contributed by atoms with Crippen molar-refractivity contribution in [2.24, 2.45) is 7.05 Å². The van der Waals surface area contributed by atoms with E-state index in [0.717, 1.165) is 49.3 Å². The molecule has 1 aliphatic rings. The lowest BCUT2D eigenvalue weighted by atomic mass is 10.1. The van der Waals surface area contributed by atoms with Crippen LogP contribution in [0.2, 0.25) is 0 Å². The van der Waals surface area contributed by atoms with Crippen LogP contribution in [0.5, 0.6) is 0 Å². The standard InChI is InChI=1S/C23H27N5OS/c1-18-8-10-20(11-9-18)22-24-25-23(26(22)2)30-17-21(29)28-14-12-27(13-15-28)16-19-6-4-3-5-7-19/h3-11H,12-17H2,1-2H3. The van der Waals surface area contributed by atoms with Gasteiger partial charge in [0, 0.05) is 45.3 Å². The highest BCUT2D eigenvalue weighted by molar-refractivity contribution is 7.99. The van der Waals surface area contributed by atoms with E-state index in [2.05, 4.69) is 58.4 Å². The third-order valence-corrected chi connectivity index (χ3v) is 6.45. The summed E-state index contributed by atoms with van der Waals surface area (Å²) in [5.74, 6) is 1.37. The number of aromatic nitrogens is 3. The molecule has 6 nitrogen and oxygen atoms in total. The summed E-state index contributed by atoms with van der Waals surface area (Å²) in [6.45, 7) is 6.38. The maximum Gasteiger partial charge on any atom is 0.233 e. The Morgan fingerprint density at radius 2 is 1.67 bits per heavy atom. The van der Waals surface area contributed by atoms with Gasteiger partial charge in [-0.1, -0.05) is 71.9 Å². The zero-order valence-corrected chi connectivity index (χ0v) is 18.3. The summed E-state index contributed by atoms with van der Waals surface area (Å²) in [5.41, 5.74) is 3.56. The molecule has 3 aromatic rings. The predicted octanol–water partition coefficient (Wildman–Crippen LogP) is 3.23. The van der Waals surface area contributed by atoms with Crippen LogP contribution in [0, 0.1) is 6.92 Å². The number of carbonyl (C=O) groups is 1. The topological polar surface area (TPSA) is 54.3 Å². The Labute approximate surface area is 181 Å². The van der Waals surface area contributed by atoms with Crippen LogP contribution in [0.25, 0.3) is 11.4 Å². The van der Waals surface area contributed by atoms with Gasteiger partial charge in [-0.15, -0.1) is 10.2 Å². The molecule has 30 heavy (non-hydrogen) atoms. The molecule has 0 saturated carbocycles. The first-order valence-corrected chi connectivity index (χ1v) is 11.2. The van der Waals surface area contributed by atoms with Crippen molar-refractivity contribution in [3.05, 3.63) is 65.7 Å². The van der Waals surface area contributed by atoms with E-state index in [9.17, 15) is 4.79 Å². The van der Waals surface area contributed by atoms with Crippen LogP contribution in [0.1, 0.15) is 11.1 Å². The summed E-state index contributed by atoms with van der Waals surface area (Å²) >= 11 is 1.46. The Kier molecular flexibility index (Phi) is 6.50. The van der Waals surface area contributed by atoms with E-state index in [4.69, 9.17) is 0 Å². The van der Waals surface area contributed by atoms with E-state index < -0.39 is 0 Å². The molecule has 2 heterocycles. The SMILES string of the molecule is Cc1ccc(-c2nnc(SCC(=O)N3CCN(Cc4ccccc4)CC3)n2C)cc1. The minimum Gasteiger partial charge on any atom is -0.339 e. The first kappa shape index (κ1) is 20.6. The Balaban J connectivity index is 1.28. The average Bonchev–Trinajstić information content (AvgIpc) is 3.14. The fourth-order valence-electron chi connectivity index (χ4n) is 3.61. The molecule has 0 bridgehead atoms. The largest absolute Gasteiger partial charge is 0.339 e. The molecule has 0 radical (unpaired) electrons. The molecule has 156 valence electrons. The van der Waals surface area contributed by atoms with Crippen LogP contribution in [0.3, 0.4) is 0 Å². The average molecular weight is 422 g/mol. The first-order chi connectivity index (χ1) is 14.6. The van der Waals surface area contributed by atoms with Crippen molar-refractivity contribution < 1.29 is 4.79 Å². The molecule has 0 spiro atoms. The molecule has 2 aromatic carbocycles. The molecule has 0 aliphatic carbocycles. The molecule has 1 fully saturated rings. The Bertz CT molecular complexity index is 979. The number of benzene rings is 2. The van der Waals surface area contributed by atoms with Gasteiger partial charge in [-0.2, -0.15) is 0 Å². The van der Waals surface area contributed by atoms with Gasteiger partial charge < -0.3 is 9.47 Å². The quantitative estimate of drug-likeness (QED) is 0.572. The van der Waals surface area contributed by atoms with Crippen molar-refractivity contribution in [3.63, 3.8) is 0 Å². The molecule has 0 atom stereocenters. The summed E-state index contributed by atoms with van der Waals surface area (Å²) < 4.78 is 1.96. The highest BCUT2D eigenvalue weighted by Crippen LogP contribution is 2.23. The number of hydrogen-bond acceptors (Lipinski definition) is 5. The van der Waals surface area contributed by atoms with Crippen LogP contribution >= 0.6 is 11.8 Å². The van der Waals surface area contributed by atoms with Crippen molar-refractivity contribution in [3.8, 4) is 11.4 Å². The Morgan fingerprint density at radius 1 is 0.967 bits per heavy atom. The minimum absolute atomic E-state index is 0.166. The fourth-order valence-corrected chi connectivity index (χ4v) is 4.42. The summed E-state index contributed by atoms with van der Waals surface area (Å²) in [4.78, 5) is 17.1. The van der Waals surface area contributed by atoms with Gasteiger partial charge in [-0.25, -0.2) is 0 Å². The normalized spacial score (nSPS) is 14.8. The summed E-state index contributed by atoms with van der Waals surface area (Å²) in [5, 5.41) is 9.37. The van der Waals surface area contributed by atoms with Gasteiger partial charge in [0.05, 0.1) is 5.75 Å². The van der Waals surface area contributed by atoms with E-state index in [-0.39, 0.29) is 5.91 Å². The van der Waals surface area contributed by atoms with Gasteiger partial charge in [0.1, 0.15) is 0 Å². The molecular formula is C23H27N5OS. The molecule has 1 amide bonds. The number of amides is 1. The highest BCUT2D eigenvalue weighted by Gasteiger charge is 2.22. The highest BCUT2D eigenvalue weighted by atomic mass is 32.2. The number of thioether (sulfide) groups is 1. The fraction of sp³-hybridized carbons (Fsp3) is 0.348. The van der Waals surface area contributed by atoms with Gasteiger partial charge in [0.15, 0.2) is 11.0 Å². The van der Waals surface area contributed by atoms with Crippen LogP contribution < -0.4 is 0 Å². The number of aryl methyl sites for hydroxylation is 1. The van der Waals surface area contributed by atoms with Crippen molar-refractivity contribution in [1.29, 1.82) is 0 Å². The van der Waals surface area contributed by atoms with Gasteiger partial charge in [0.2, 0.25) is 5.91 Å². The third-order valence-electron chi connectivity index (χ3n) is 5.44. The maximum absolute atomic E-state index is 12.7. The van der Waals surface area contributed by atoms with E-state index in [1.807, 2.05) is 34.7 Å². The molecule has 0 unspecified atom stereocenters. The zero-order valence-electron chi connectivity index (χ0n) is 17.5. The molecule has 0 N–H and O–H groups in total. The maximum atomic E-state index is 12.7. The van der Waals surface area contributed by atoms with Crippen LogP contribution in [-0.4, -0.2) is 62.4 Å². The Morgan fingerprint density at radius 3 is 2.37 bits per heavy atom. The lowest BCUT2D eigenvalue weighted by Gasteiger charge is -2.34. The molecule has 7 heteroatoms. The molecule has 1 aromatic heterocycles. The van der Waals surface area contributed by atoms with Crippen LogP contribution in [-0.2, 0) is 18.4 Å². The minimum atomic E-state index is 0.166. The molecule has 1 aliphatic heterocycles. The van der Waals surface area contributed by atoms with Gasteiger partial charge in [-0.3, -0.25) is 9.69 Å². The smallest absolute Gasteiger partial charge is 0.233 e. The summed E-state index contributed by atoms with van der Waals surface area (Å²) in [6, 6.07) is 18.7. The van der Waals surface area contributed by atoms with E-state index in [0.29, 0.717) is 5.75 Å². The summed E-state index contributed by atoms with van der Waals surface area (Å²) in [7, 11) is 1.95. The summed E-state index contributed by atoms with van der Waals surface area (Å²) in [6.07, 6.45) is 0. The zero-order chi connectivity index (χ0) is 20.9. The second-order valence-corrected chi connectivity index (χ2v) is 8.60. The van der Waals surface area contributed by atoms with Gasteiger partial charge >= 0.3 is 0 Å². The number of hydrogen-bond donors (Lipinski definition) is 0. The second kappa shape index (κ2) is 9.45. The Hall–Kier alpha value is -2.64. The van der Waals surface area contributed by atoms with E-state index in [1.165, 1.54) is 22.9 Å². The molecular weight excluding hydrogens is 394 g/mol. The lowest BCUT2D eigenvalue weighted by molar-refractivity contribution is -0.130. The predicted molar refractivity (Wildman–Crippen MR) is 120 cm³/mol. The van der Waals surface area contributed by atoms with Crippen LogP contribution in [0.15, 0.2) is 59.8 Å². The van der Waals surface area contributed by atoms with E-state index in [1.54, 1.807) is 0 Å². The van der Waals surface area contributed by atoms with Crippen molar-refractivity contribution in [2.45, 2.75) is 18.6 Å². The number of piperazine rings is 1. The number of rotatable bonds is 6. The first-order valence-electron chi connectivity index (χ1n) is 10.2. The van der Waals surface area contributed by atoms with Gasteiger partial charge in [0.25, 0.3) is 0 Å². The van der Waals surface area contributed by atoms with Gasteiger partial charge in [-0.05, 0) is 12.5 Å². The molecule has 1 saturated heterocycles. The number of nitrogens with zero attached hydrogens (tertiary/aromatic N) is 5. The third kappa shape index (κ3) is 4.91. The second-order valence-electron chi connectivity index (χ2n) is 7.66. The lowest BCUT2D eigenvalue weighted by Crippen LogP contribution is -2.48. The van der Waals surface area contributed by atoms with Crippen molar-refractivity contribution in [2.75, 3.05) is 31.9 Å². The van der Waals surface area contributed by atoms with Crippen molar-refractivity contribution in [1.82, 2.24) is 24.6 Å². The monoisotopic (exact) mass is 421 g/mol. The van der Waals surface area contributed by atoms with Crippen LogP contribution in [0.4, 0.5) is 0 Å². The van der Waals surface area contributed by atoms with Crippen molar-refractivity contribution >= 4 is 17.7 Å². The van der Waals surface area contributed by atoms with E-state index >= 15 is 0 Å².